The number of hydrogen-bond donors (Lipinski definition) is 1. The molecule has 0 unspecified atom stereocenters. The number of nitrogens with one attached hydrogen (secondary N) is 1. The number of carbonyl (C=O) groups excluding carboxylic acids is 1. The van der Waals surface area contributed by atoms with Gasteiger partial charge in [0.2, 0.25) is 5.91 Å². The molecule has 0 saturated carbocycles. The van der Waals surface area contributed by atoms with Gasteiger partial charge in [-0.3, -0.25) is 4.79 Å². The van der Waals surface area contributed by atoms with Crippen LogP contribution in [0.25, 0.3) is 21.9 Å². The van der Waals surface area contributed by atoms with Crippen molar-refractivity contribution in [2.75, 3.05) is 5.32 Å². The minimum atomic E-state index is -0.107. The number of fused-ring (bicyclic) bond motifs is 1. The lowest BCUT2D eigenvalue weighted by Gasteiger charge is -2.18. The van der Waals surface area contributed by atoms with Crippen molar-refractivity contribution in [2.24, 2.45) is 0 Å². The molecule has 4 aromatic carbocycles. The van der Waals surface area contributed by atoms with Crippen molar-refractivity contribution < 1.29 is 9.53 Å². The predicted molar refractivity (Wildman–Crippen MR) is 122 cm³/mol. The molecule has 0 atom stereocenters. The van der Waals surface area contributed by atoms with Gasteiger partial charge in [-0.2, -0.15) is 0 Å². The summed E-state index contributed by atoms with van der Waals surface area (Å²) < 4.78 is 7.09. The van der Waals surface area contributed by atoms with E-state index in [0.29, 0.717) is 6.61 Å². The molecule has 0 aromatic heterocycles. The Morgan fingerprint density at radius 3 is 2.41 bits per heavy atom. The molecule has 0 fully saturated rings. The van der Waals surface area contributed by atoms with Crippen LogP contribution in [0.4, 0.5) is 5.69 Å². The first-order chi connectivity index (χ1) is 14.1. The van der Waals surface area contributed by atoms with Crippen LogP contribution in [-0.2, 0) is 11.4 Å². The molecule has 1 N–H and O–H groups in total. The zero-order valence-electron chi connectivity index (χ0n) is 16.0. The number of hydrogen-bond acceptors (Lipinski definition) is 2. The highest BCUT2D eigenvalue weighted by Crippen LogP contribution is 2.42. The van der Waals surface area contributed by atoms with E-state index < -0.39 is 0 Å². The molecule has 0 aliphatic heterocycles. The molecule has 4 rings (SSSR count). The Morgan fingerprint density at radius 1 is 0.862 bits per heavy atom. The fourth-order valence-electron chi connectivity index (χ4n) is 3.40. The zero-order chi connectivity index (χ0) is 20.2. The second kappa shape index (κ2) is 8.50. The number of amides is 1. The number of halogens is 1. The van der Waals surface area contributed by atoms with Crippen LogP contribution < -0.4 is 10.1 Å². The van der Waals surface area contributed by atoms with Gasteiger partial charge in [0.1, 0.15) is 12.4 Å². The highest BCUT2D eigenvalue weighted by molar-refractivity contribution is 9.10. The lowest BCUT2D eigenvalue weighted by Crippen LogP contribution is -2.08. The van der Waals surface area contributed by atoms with Crippen molar-refractivity contribution in [1.82, 2.24) is 0 Å². The Labute approximate surface area is 178 Å². The first-order valence-electron chi connectivity index (χ1n) is 9.38. The minimum Gasteiger partial charge on any atom is -0.487 e. The predicted octanol–water partition coefficient (Wildman–Crippen LogP) is 6.81. The summed E-state index contributed by atoms with van der Waals surface area (Å²) in [6.45, 7) is 1.98. The van der Waals surface area contributed by atoms with E-state index in [9.17, 15) is 4.79 Å². The smallest absolute Gasteiger partial charge is 0.221 e. The van der Waals surface area contributed by atoms with Crippen LogP contribution in [-0.4, -0.2) is 5.91 Å². The van der Waals surface area contributed by atoms with Crippen molar-refractivity contribution >= 4 is 38.3 Å². The van der Waals surface area contributed by atoms with Gasteiger partial charge in [0.15, 0.2) is 0 Å². The van der Waals surface area contributed by atoms with E-state index in [4.69, 9.17) is 4.74 Å². The Bertz CT molecular complexity index is 1170. The normalized spacial score (nSPS) is 10.7. The second-order valence-corrected chi connectivity index (χ2v) is 7.64. The molecule has 0 saturated heterocycles. The van der Waals surface area contributed by atoms with Crippen molar-refractivity contribution in [2.45, 2.75) is 13.5 Å². The Kier molecular flexibility index (Phi) is 5.63. The van der Waals surface area contributed by atoms with Gasteiger partial charge in [-0.05, 0) is 32.9 Å². The van der Waals surface area contributed by atoms with Gasteiger partial charge in [0.25, 0.3) is 0 Å². The molecule has 4 aromatic rings. The maximum Gasteiger partial charge on any atom is 0.221 e. The monoisotopic (exact) mass is 445 g/mol. The van der Waals surface area contributed by atoms with Crippen molar-refractivity contribution in [1.29, 1.82) is 0 Å². The molecule has 0 aliphatic carbocycles. The van der Waals surface area contributed by atoms with E-state index in [-0.39, 0.29) is 5.91 Å². The van der Waals surface area contributed by atoms with E-state index in [1.54, 1.807) is 0 Å². The average Bonchev–Trinajstić information content (AvgIpc) is 2.73. The van der Waals surface area contributed by atoms with Crippen LogP contribution in [0.3, 0.4) is 0 Å². The summed E-state index contributed by atoms with van der Waals surface area (Å²) >= 11 is 3.63. The minimum absolute atomic E-state index is 0.107. The molecule has 0 aliphatic rings. The first-order valence-corrected chi connectivity index (χ1v) is 10.2. The number of benzene rings is 4. The summed E-state index contributed by atoms with van der Waals surface area (Å²) in [5.74, 6) is 0.641. The third kappa shape index (κ3) is 4.17. The second-order valence-electron chi connectivity index (χ2n) is 6.78. The molecule has 1 amide bonds. The lowest BCUT2D eigenvalue weighted by atomic mass is 9.97. The number of para-hydroxylation sites is 1. The third-order valence-corrected chi connectivity index (χ3v) is 5.34. The van der Waals surface area contributed by atoms with Crippen LogP contribution in [0.1, 0.15) is 12.5 Å². The molecule has 4 heteroatoms. The van der Waals surface area contributed by atoms with Crippen LogP contribution in [0, 0.1) is 0 Å². The van der Waals surface area contributed by atoms with Gasteiger partial charge in [-0.1, -0.05) is 78.9 Å². The average molecular weight is 446 g/mol. The number of carbonyl (C=O) groups is 1. The van der Waals surface area contributed by atoms with E-state index in [1.165, 1.54) is 6.92 Å². The van der Waals surface area contributed by atoms with Crippen LogP contribution in [0.2, 0.25) is 0 Å². The van der Waals surface area contributed by atoms with Crippen molar-refractivity contribution in [3.8, 4) is 16.9 Å². The summed E-state index contributed by atoms with van der Waals surface area (Å²) in [4.78, 5) is 12.0. The summed E-state index contributed by atoms with van der Waals surface area (Å²) in [5, 5.41) is 5.09. The number of rotatable bonds is 5. The van der Waals surface area contributed by atoms with Crippen LogP contribution >= 0.6 is 15.9 Å². The topological polar surface area (TPSA) is 38.3 Å². The molecule has 29 heavy (non-hydrogen) atoms. The fraction of sp³-hybridized carbons (Fsp3) is 0.0800. The Morgan fingerprint density at radius 2 is 1.62 bits per heavy atom. The zero-order valence-corrected chi connectivity index (χ0v) is 17.6. The Hall–Kier alpha value is -3.11. The van der Waals surface area contributed by atoms with E-state index in [2.05, 4.69) is 27.3 Å². The summed E-state index contributed by atoms with van der Waals surface area (Å²) in [5.41, 5.74) is 3.72. The lowest BCUT2D eigenvalue weighted by molar-refractivity contribution is -0.114. The van der Waals surface area contributed by atoms with Crippen molar-refractivity contribution in [3.05, 3.63) is 95.0 Å². The number of ether oxygens (including phenoxy) is 1. The van der Waals surface area contributed by atoms with Gasteiger partial charge in [0.05, 0.1) is 10.2 Å². The highest BCUT2D eigenvalue weighted by atomic mass is 79.9. The van der Waals surface area contributed by atoms with Crippen LogP contribution in [0.15, 0.2) is 89.4 Å². The standard InChI is InChI=1S/C25H20BrNO2/c1-17(28)27-24-20-11-6-5-10-19(20)14-15-21(24)22-12-7-13-23(26)25(22)29-16-18-8-3-2-4-9-18/h2-15H,16H2,1H3,(H,27,28). The molecule has 0 radical (unpaired) electrons. The van der Waals surface area contributed by atoms with Gasteiger partial charge >= 0.3 is 0 Å². The number of anilines is 1. The fourth-order valence-corrected chi connectivity index (χ4v) is 3.88. The van der Waals surface area contributed by atoms with Gasteiger partial charge in [0, 0.05) is 23.4 Å². The summed E-state index contributed by atoms with van der Waals surface area (Å²) in [6.07, 6.45) is 0. The van der Waals surface area contributed by atoms with Gasteiger partial charge in [-0.25, -0.2) is 0 Å². The Balaban J connectivity index is 1.83. The maximum atomic E-state index is 12.0. The molecular weight excluding hydrogens is 426 g/mol. The van der Waals surface area contributed by atoms with Crippen LogP contribution in [0.5, 0.6) is 5.75 Å². The summed E-state index contributed by atoms with van der Waals surface area (Å²) in [6, 6.07) is 28.1. The maximum absolute atomic E-state index is 12.0. The molecular formula is C25H20BrNO2. The van der Waals surface area contributed by atoms with Crippen molar-refractivity contribution in [3.63, 3.8) is 0 Å². The SMILES string of the molecule is CC(=O)Nc1c(-c2cccc(Br)c2OCc2ccccc2)ccc2ccccc12. The van der Waals surface area contributed by atoms with E-state index >= 15 is 0 Å². The quantitative estimate of drug-likeness (QED) is 0.366. The van der Waals surface area contributed by atoms with Gasteiger partial charge in [-0.15, -0.1) is 0 Å². The largest absolute Gasteiger partial charge is 0.487 e. The van der Waals surface area contributed by atoms with E-state index in [0.717, 1.165) is 43.4 Å². The summed E-state index contributed by atoms with van der Waals surface area (Å²) in [7, 11) is 0. The molecule has 0 bridgehead atoms. The van der Waals surface area contributed by atoms with E-state index in [1.807, 2.05) is 78.9 Å². The molecule has 0 heterocycles. The molecule has 144 valence electrons. The first kappa shape index (κ1) is 19.2. The highest BCUT2D eigenvalue weighted by Gasteiger charge is 2.16. The third-order valence-electron chi connectivity index (χ3n) is 4.71. The molecule has 3 nitrogen and oxygen atoms in total. The molecule has 0 spiro atoms. The van der Waals surface area contributed by atoms with Gasteiger partial charge < -0.3 is 10.1 Å².